The normalized spacial score (nSPS) is 11.2. The van der Waals surface area contributed by atoms with E-state index in [1.54, 1.807) is 7.11 Å². The number of carbonyl (C=O) groups excluding carboxylic acids is 1. The highest BCUT2D eigenvalue weighted by atomic mass is 35.5. The Morgan fingerprint density at radius 1 is 1.44 bits per heavy atom. The van der Waals surface area contributed by atoms with Gasteiger partial charge < -0.3 is 9.30 Å². The molecule has 0 aliphatic rings. The Labute approximate surface area is 111 Å². The lowest BCUT2D eigenvalue weighted by Crippen LogP contribution is -2.04. The number of fused-ring (bicyclic) bond motifs is 1. The molecule has 2 aromatic rings. The molecule has 1 aromatic carbocycles. The van der Waals surface area contributed by atoms with Crippen molar-refractivity contribution in [2.45, 2.75) is 20.4 Å². The van der Waals surface area contributed by atoms with Crippen LogP contribution in [-0.2, 0) is 6.54 Å². The van der Waals surface area contributed by atoms with Crippen LogP contribution in [0.2, 0.25) is 5.15 Å². The minimum atomic E-state index is 0.458. The molecule has 1 heterocycles. The zero-order valence-corrected chi connectivity index (χ0v) is 11.5. The molecule has 18 heavy (non-hydrogen) atoms. The van der Waals surface area contributed by atoms with Crippen molar-refractivity contribution < 1.29 is 9.53 Å². The molecule has 0 bridgehead atoms. The molecule has 0 amide bonds. The summed E-state index contributed by atoms with van der Waals surface area (Å²) >= 11 is 6.28. The lowest BCUT2D eigenvalue weighted by Gasteiger charge is -2.10. The van der Waals surface area contributed by atoms with Crippen LogP contribution in [0.1, 0.15) is 24.2 Å². The van der Waals surface area contributed by atoms with Crippen LogP contribution < -0.4 is 4.74 Å². The number of methoxy groups -OCH3 is 1. The van der Waals surface area contributed by atoms with Crippen molar-refractivity contribution in [3.8, 4) is 5.75 Å². The number of hydrogen-bond donors (Lipinski definition) is 0. The molecule has 0 unspecified atom stereocenters. The van der Waals surface area contributed by atoms with Gasteiger partial charge in [-0.25, -0.2) is 0 Å². The summed E-state index contributed by atoms with van der Waals surface area (Å²) in [5, 5.41) is 1.34. The predicted octanol–water partition coefficient (Wildman–Crippen LogP) is 3.77. The van der Waals surface area contributed by atoms with E-state index in [9.17, 15) is 4.79 Å². The lowest BCUT2D eigenvalue weighted by molar-refractivity contribution is 0.112. The number of ether oxygens (including phenoxy) is 1. The van der Waals surface area contributed by atoms with Crippen molar-refractivity contribution in [3.05, 3.63) is 28.9 Å². The second-order valence-electron chi connectivity index (χ2n) is 4.71. The van der Waals surface area contributed by atoms with Gasteiger partial charge in [0, 0.05) is 11.9 Å². The van der Waals surface area contributed by atoms with Gasteiger partial charge in [-0.3, -0.25) is 4.79 Å². The maximum atomic E-state index is 11.2. The number of rotatable bonds is 4. The molecule has 0 aliphatic carbocycles. The topological polar surface area (TPSA) is 31.2 Å². The standard InChI is InChI=1S/C14H16ClNO2/c1-9(2)7-16-13-5-4-10(18-3)6-11(13)12(8-17)14(16)15/h4-6,8-9H,7H2,1-3H3. The van der Waals surface area contributed by atoms with Gasteiger partial charge in [0.25, 0.3) is 0 Å². The number of nitrogens with zero attached hydrogens (tertiary/aromatic N) is 1. The minimum Gasteiger partial charge on any atom is -0.497 e. The van der Waals surface area contributed by atoms with Crippen molar-refractivity contribution in [2.75, 3.05) is 7.11 Å². The summed E-state index contributed by atoms with van der Waals surface area (Å²) < 4.78 is 7.16. The van der Waals surface area contributed by atoms with Gasteiger partial charge in [0.05, 0.1) is 18.2 Å². The van der Waals surface area contributed by atoms with Crippen LogP contribution in [0.5, 0.6) is 5.75 Å². The van der Waals surface area contributed by atoms with Gasteiger partial charge in [-0.15, -0.1) is 0 Å². The molecular formula is C14H16ClNO2. The van der Waals surface area contributed by atoms with Crippen molar-refractivity contribution in [2.24, 2.45) is 5.92 Å². The average molecular weight is 266 g/mol. The molecule has 4 heteroatoms. The number of halogens is 1. The zero-order valence-electron chi connectivity index (χ0n) is 10.7. The van der Waals surface area contributed by atoms with E-state index in [1.807, 2.05) is 22.8 Å². The fourth-order valence-corrected chi connectivity index (χ4v) is 2.42. The number of aldehydes is 1. The Bertz CT molecular complexity index is 587. The van der Waals surface area contributed by atoms with Crippen LogP contribution in [0, 0.1) is 5.92 Å². The van der Waals surface area contributed by atoms with Crippen LogP contribution in [0.15, 0.2) is 18.2 Å². The molecular weight excluding hydrogens is 250 g/mol. The Balaban J connectivity index is 2.71. The number of carbonyl (C=O) groups is 1. The van der Waals surface area contributed by atoms with Gasteiger partial charge >= 0.3 is 0 Å². The van der Waals surface area contributed by atoms with E-state index in [-0.39, 0.29) is 0 Å². The lowest BCUT2D eigenvalue weighted by atomic mass is 10.2. The Hall–Kier alpha value is -1.48. The summed E-state index contributed by atoms with van der Waals surface area (Å²) in [4.78, 5) is 11.2. The molecule has 0 spiro atoms. The van der Waals surface area contributed by atoms with Crippen molar-refractivity contribution in [3.63, 3.8) is 0 Å². The van der Waals surface area contributed by atoms with Crippen molar-refractivity contribution in [1.29, 1.82) is 0 Å². The quantitative estimate of drug-likeness (QED) is 0.788. The van der Waals surface area contributed by atoms with Crippen LogP contribution >= 0.6 is 11.6 Å². The molecule has 1 aromatic heterocycles. The van der Waals surface area contributed by atoms with E-state index in [4.69, 9.17) is 16.3 Å². The second kappa shape index (κ2) is 5.02. The highest BCUT2D eigenvalue weighted by Gasteiger charge is 2.16. The van der Waals surface area contributed by atoms with Gasteiger partial charge in [-0.2, -0.15) is 0 Å². The van der Waals surface area contributed by atoms with Crippen LogP contribution in [-0.4, -0.2) is 18.0 Å². The summed E-state index contributed by atoms with van der Waals surface area (Å²) in [7, 11) is 1.61. The average Bonchev–Trinajstić information content (AvgIpc) is 2.61. The highest BCUT2D eigenvalue weighted by Crippen LogP contribution is 2.32. The molecule has 0 atom stereocenters. The first-order chi connectivity index (χ1) is 8.58. The molecule has 0 aliphatic heterocycles. The minimum absolute atomic E-state index is 0.458. The Morgan fingerprint density at radius 3 is 2.72 bits per heavy atom. The third-order valence-electron chi connectivity index (χ3n) is 2.91. The molecule has 3 nitrogen and oxygen atoms in total. The van der Waals surface area contributed by atoms with Gasteiger partial charge in [0.15, 0.2) is 6.29 Å². The summed E-state index contributed by atoms with van der Waals surface area (Å²) in [5.74, 6) is 1.18. The van der Waals surface area contributed by atoms with Crippen LogP contribution in [0.4, 0.5) is 0 Å². The van der Waals surface area contributed by atoms with E-state index in [0.29, 0.717) is 16.6 Å². The molecule has 0 fully saturated rings. The summed E-state index contributed by atoms with van der Waals surface area (Å²) in [6.07, 6.45) is 0.806. The monoisotopic (exact) mass is 265 g/mol. The third kappa shape index (κ3) is 2.10. The summed E-state index contributed by atoms with van der Waals surface area (Å²) in [6.45, 7) is 5.02. The molecule has 0 N–H and O–H groups in total. The number of hydrogen-bond acceptors (Lipinski definition) is 2. The van der Waals surface area contributed by atoms with E-state index in [2.05, 4.69) is 13.8 Å². The number of benzene rings is 1. The number of aromatic nitrogens is 1. The van der Waals surface area contributed by atoms with Crippen LogP contribution in [0.3, 0.4) is 0 Å². The van der Waals surface area contributed by atoms with Gasteiger partial charge in [0.2, 0.25) is 0 Å². The first kappa shape index (κ1) is 13.0. The van der Waals surface area contributed by atoms with E-state index < -0.39 is 0 Å². The van der Waals surface area contributed by atoms with E-state index in [1.165, 1.54) is 0 Å². The maximum absolute atomic E-state index is 11.2. The maximum Gasteiger partial charge on any atom is 0.153 e. The fraction of sp³-hybridized carbons (Fsp3) is 0.357. The van der Waals surface area contributed by atoms with Gasteiger partial charge in [0.1, 0.15) is 10.9 Å². The Kier molecular flexibility index (Phi) is 3.62. The molecule has 0 saturated heterocycles. The van der Waals surface area contributed by atoms with Crippen molar-refractivity contribution in [1.82, 2.24) is 4.57 Å². The molecule has 96 valence electrons. The predicted molar refractivity (Wildman–Crippen MR) is 73.7 cm³/mol. The summed E-state index contributed by atoms with van der Waals surface area (Å²) in [6, 6.07) is 5.67. The molecule has 0 saturated carbocycles. The Morgan fingerprint density at radius 2 is 2.17 bits per heavy atom. The highest BCUT2D eigenvalue weighted by molar-refractivity contribution is 6.34. The fourth-order valence-electron chi connectivity index (χ4n) is 2.11. The zero-order chi connectivity index (χ0) is 13.3. The van der Waals surface area contributed by atoms with Crippen molar-refractivity contribution >= 4 is 28.8 Å². The molecule has 0 radical (unpaired) electrons. The van der Waals surface area contributed by atoms with E-state index in [0.717, 1.165) is 29.5 Å². The first-order valence-electron chi connectivity index (χ1n) is 5.89. The first-order valence-corrected chi connectivity index (χ1v) is 6.27. The largest absolute Gasteiger partial charge is 0.497 e. The van der Waals surface area contributed by atoms with Crippen LogP contribution in [0.25, 0.3) is 10.9 Å². The summed E-state index contributed by atoms with van der Waals surface area (Å²) in [5.41, 5.74) is 1.50. The SMILES string of the molecule is COc1ccc2c(c1)c(C=O)c(Cl)n2CC(C)C. The van der Waals surface area contributed by atoms with Gasteiger partial charge in [-0.05, 0) is 24.1 Å². The van der Waals surface area contributed by atoms with E-state index >= 15 is 0 Å². The third-order valence-corrected chi connectivity index (χ3v) is 3.32. The second-order valence-corrected chi connectivity index (χ2v) is 5.07. The van der Waals surface area contributed by atoms with Gasteiger partial charge in [-0.1, -0.05) is 25.4 Å². The smallest absolute Gasteiger partial charge is 0.153 e. The molecule has 2 rings (SSSR count).